The number of hydrogen-bond acceptors (Lipinski definition) is 3. The molecule has 6 heteroatoms. The van der Waals surface area contributed by atoms with Gasteiger partial charge in [0.05, 0.1) is 11.4 Å². The second-order valence-corrected chi connectivity index (χ2v) is 4.70. The molecular formula is C14H11ClN4O. The van der Waals surface area contributed by atoms with Gasteiger partial charge in [0.1, 0.15) is 0 Å². The third-order valence-corrected chi connectivity index (χ3v) is 3.21. The van der Waals surface area contributed by atoms with Gasteiger partial charge in [0, 0.05) is 10.6 Å². The van der Waals surface area contributed by atoms with Gasteiger partial charge in [0.15, 0.2) is 5.69 Å². The van der Waals surface area contributed by atoms with Crippen molar-refractivity contribution in [1.82, 2.24) is 15.0 Å². The van der Waals surface area contributed by atoms with Gasteiger partial charge in [-0.15, -0.1) is 0 Å². The molecule has 0 aliphatic carbocycles. The number of para-hydroxylation sites is 2. The van der Waals surface area contributed by atoms with Crippen LogP contribution in [0.5, 0.6) is 0 Å². The number of nitrogens with one attached hydrogen (secondary N) is 1. The summed E-state index contributed by atoms with van der Waals surface area (Å²) in [5.74, 6) is 0. The van der Waals surface area contributed by atoms with Crippen molar-refractivity contribution in [2.75, 3.05) is 5.73 Å². The van der Waals surface area contributed by atoms with Gasteiger partial charge in [-0.25, -0.2) is 5.21 Å². The fraction of sp³-hybridized carbons (Fsp3) is 0. The maximum absolute atomic E-state index is 12.4. The van der Waals surface area contributed by atoms with Crippen molar-refractivity contribution in [2.24, 2.45) is 0 Å². The van der Waals surface area contributed by atoms with E-state index in [0.717, 1.165) is 0 Å². The average molecular weight is 287 g/mol. The first-order valence-corrected chi connectivity index (χ1v) is 6.33. The Morgan fingerprint density at radius 3 is 2.50 bits per heavy atom. The van der Waals surface area contributed by atoms with Crippen molar-refractivity contribution in [3.8, 4) is 16.9 Å². The van der Waals surface area contributed by atoms with E-state index in [4.69, 9.17) is 17.3 Å². The van der Waals surface area contributed by atoms with E-state index >= 15 is 0 Å². The molecular weight excluding hydrogens is 276 g/mol. The van der Waals surface area contributed by atoms with Crippen LogP contribution in [0.25, 0.3) is 16.9 Å². The average Bonchev–Trinajstić information content (AvgIpc) is 2.82. The van der Waals surface area contributed by atoms with E-state index in [1.807, 2.05) is 0 Å². The molecule has 3 aromatic rings. The Labute approximate surface area is 119 Å². The molecule has 0 fully saturated rings. The van der Waals surface area contributed by atoms with Gasteiger partial charge in [-0.3, -0.25) is 4.79 Å². The maximum Gasteiger partial charge on any atom is 0.299 e. The summed E-state index contributed by atoms with van der Waals surface area (Å²) in [6, 6.07) is 14.0. The minimum absolute atomic E-state index is 0.259. The third-order valence-electron chi connectivity index (χ3n) is 2.96. The number of nitrogens with zero attached hydrogens (tertiary/aromatic N) is 2. The van der Waals surface area contributed by atoms with E-state index in [1.165, 1.54) is 4.68 Å². The van der Waals surface area contributed by atoms with E-state index in [0.29, 0.717) is 27.7 Å². The minimum atomic E-state index is -0.259. The molecule has 0 saturated carbocycles. The van der Waals surface area contributed by atoms with Gasteiger partial charge in [0.2, 0.25) is 0 Å². The molecule has 1 heterocycles. The van der Waals surface area contributed by atoms with Gasteiger partial charge in [-0.2, -0.15) is 9.78 Å². The highest BCUT2D eigenvalue weighted by Crippen LogP contribution is 2.18. The minimum Gasteiger partial charge on any atom is -0.397 e. The Bertz CT molecular complexity index is 805. The predicted octanol–water partition coefficient (Wildman–Crippen LogP) is 2.46. The van der Waals surface area contributed by atoms with Crippen LogP contribution in [0.1, 0.15) is 0 Å². The largest absolute Gasteiger partial charge is 0.397 e. The van der Waals surface area contributed by atoms with E-state index in [9.17, 15) is 4.79 Å². The molecule has 3 N–H and O–H groups in total. The molecule has 0 spiro atoms. The number of nitrogen functional groups attached to an aromatic ring is 1. The molecule has 0 amide bonds. The lowest BCUT2D eigenvalue weighted by Gasteiger charge is -2.03. The first kappa shape index (κ1) is 12.5. The normalized spacial score (nSPS) is 10.7. The highest BCUT2D eigenvalue weighted by molar-refractivity contribution is 6.30. The van der Waals surface area contributed by atoms with Crippen molar-refractivity contribution in [3.63, 3.8) is 0 Å². The van der Waals surface area contributed by atoms with Gasteiger partial charge < -0.3 is 5.73 Å². The lowest BCUT2D eigenvalue weighted by molar-refractivity contribution is 0.787. The number of nitrogens with two attached hydrogens (primary N) is 1. The summed E-state index contributed by atoms with van der Waals surface area (Å²) in [5, 5.41) is 7.35. The number of hydrogen-bond donors (Lipinski definition) is 2. The summed E-state index contributed by atoms with van der Waals surface area (Å²) < 4.78 is 1.32. The molecule has 2 aromatic carbocycles. The van der Waals surface area contributed by atoms with Gasteiger partial charge in [-0.05, 0) is 24.3 Å². The third kappa shape index (κ3) is 2.08. The second-order valence-electron chi connectivity index (χ2n) is 4.27. The molecule has 0 bridgehead atoms. The van der Waals surface area contributed by atoms with Crippen LogP contribution in [0.2, 0.25) is 5.02 Å². The molecule has 20 heavy (non-hydrogen) atoms. The Balaban J connectivity index is 2.12. The molecule has 3 rings (SSSR count). The molecule has 0 atom stereocenters. The Hall–Kier alpha value is -2.53. The van der Waals surface area contributed by atoms with E-state index < -0.39 is 0 Å². The van der Waals surface area contributed by atoms with Crippen molar-refractivity contribution in [3.05, 3.63) is 63.9 Å². The molecule has 5 nitrogen and oxygen atoms in total. The van der Waals surface area contributed by atoms with Gasteiger partial charge in [-0.1, -0.05) is 35.9 Å². The number of H-pyrrole nitrogens is 1. The SMILES string of the molecule is Nc1ccccc1-n1[nH]nc(-c2ccc(Cl)cc2)c1=O. The number of rotatable bonds is 2. The van der Waals surface area contributed by atoms with Crippen LogP contribution in [0.4, 0.5) is 5.69 Å². The zero-order chi connectivity index (χ0) is 14.1. The molecule has 0 aliphatic heterocycles. The summed E-state index contributed by atoms with van der Waals surface area (Å²) in [6.07, 6.45) is 0. The smallest absolute Gasteiger partial charge is 0.299 e. The van der Waals surface area contributed by atoms with Crippen LogP contribution < -0.4 is 11.3 Å². The van der Waals surface area contributed by atoms with E-state index in [-0.39, 0.29) is 5.56 Å². The van der Waals surface area contributed by atoms with Crippen molar-refractivity contribution in [2.45, 2.75) is 0 Å². The highest BCUT2D eigenvalue weighted by atomic mass is 35.5. The van der Waals surface area contributed by atoms with Crippen LogP contribution in [0, 0.1) is 0 Å². The first-order chi connectivity index (χ1) is 9.66. The highest BCUT2D eigenvalue weighted by Gasteiger charge is 2.12. The molecule has 100 valence electrons. The van der Waals surface area contributed by atoms with Crippen molar-refractivity contribution in [1.29, 1.82) is 0 Å². The first-order valence-electron chi connectivity index (χ1n) is 5.95. The quantitative estimate of drug-likeness (QED) is 0.711. The van der Waals surface area contributed by atoms with Gasteiger partial charge in [0.25, 0.3) is 5.56 Å². The Morgan fingerprint density at radius 1 is 1.10 bits per heavy atom. The van der Waals surface area contributed by atoms with Crippen molar-refractivity contribution >= 4 is 17.3 Å². The summed E-state index contributed by atoms with van der Waals surface area (Å²) in [5.41, 5.74) is 7.70. The number of benzene rings is 2. The molecule has 0 radical (unpaired) electrons. The lowest BCUT2D eigenvalue weighted by atomic mass is 10.2. The standard InChI is InChI=1S/C14H11ClN4O/c15-10-7-5-9(6-8-10)13-14(20)19(18-17-13)12-4-2-1-3-11(12)16/h1-8,18H,16H2. The fourth-order valence-corrected chi connectivity index (χ4v) is 2.08. The van der Waals surface area contributed by atoms with Crippen molar-refractivity contribution < 1.29 is 0 Å². The summed E-state index contributed by atoms with van der Waals surface area (Å²) in [4.78, 5) is 12.4. The molecule has 0 unspecified atom stereocenters. The summed E-state index contributed by atoms with van der Waals surface area (Å²) in [7, 11) is 0. The van der Waals surface area contributed by atoms with Crippen LogP contribution >= 0.6 is 11.6 Å². The topological polar surface area (TPSA) is 76.7 Å². The number of aromatic nitrogens is 3. The fourth-order valence-electron chi connectivity index (χ4n) is 1.95. The predicted molar refractivity (Wildman–Crippen MR) is 79.0 cm³/mol. The summed E-state index contributed by atoms with van der Waals surface area (Å²) in [6.45, 7) is 0. The zero-order valence-electron chi connectivity index (χ0n) is 10.4. The monoisotopic (exact) mass is 286 g/mol. The van der Waals surface area contributed by atoms with Crippen LogP contribution in [-0.4, -0.2) is 15.0 Å². The molecule has 1 aromatic heterocycles. The van der Waals surface area contributed by atoms with E-state index in [1.54, 1.807) is 48.5 Å². The van der Waals surface area contributed by atoms with Crippen LogP contribution in [0.15, 0.2) is 53.3 Å². The second kappa shape index (κ2) is 4.86. The molecule has 0 aliphatic rings. The molecule has 0 saturated heterocycles. The number of anilines is 1. The number of halogens is 1. The van der Waals surface area contributed by atoms with Crippen LogP contribution in [-0.2, 0) is 0 Å². The zero-order valence-corrected chi connectivity index (χ0v) is 11.1. The van der Waals surface area contributed by atoms with Gasteiger partial charge >= 0.3 is 0 Å². The maximum atomic E-state index is 12.4. The lowest BCUT2D eigenvalue weighted by Crippen LogP contribution is -2.16. The van der Waals surface area contributed by atoms with E-state index in [2.05, 4.69) is 10.3 Å². The Morgan fingerprint density at radius 2 is 1.80 bits per heavy atom. The Kier molecular flexibility index (Phi) is 3.04. The number of aromatic amines is 1. The van der Waals surface area contributed by atoms with Crippen LogP contribution in [0.3, 0.4) is 0 Å². The summed E-state index contributed by atoms with van der Waals surface area (Å²) >= 11 is 5.83.